The Bertz CT molecular complexity index is 198. The molecule has 5 nitrogen and oxygen atoms in total. The third-order valence-electron chi connectivity index (χ3n) is 2.42. The first kappa shape index (κ1) is 11.4. The molecule has 0 aliphatic carbocycles. The standard InChI is InChI=1S/C9H18N2O3/c1-7-10-4-9(12)11(7)5-8(14-3)6-13-2/h7-8,10H,4-6H2,1-3H3. The number of nitrogens with zero attached hydrogens (tertiary/aromatic N) is 1. The van der Waals surface area contributed by atoms with Gasteiger partial charge in [0.2, 0.25) is 5.91 Å². The van der Waals surface area contributed by atoms with Crippen molar-refractivity contribution in [2.24, 2.45) is 0 Å². The van der Waals surface area contributed by atoms with Crippen LogP contribution in [0.15, 0.2) is 0 Å². The van der Waals surface area contributed by atoms with E-state index in [4.69, 9.17) is 9.47 Å². The Morgan fingerprint density at radius 1 is 1.64 bits per heavy atom. The zero-order valence-electron chi connectivity index (χ0n) is 8.95. The maximum atomic E-state index is 11.4. The number of ether oxygens (including phenoxy) is 2. The summed E-state index contributed by atoms with van der Waals surface area (Å²) in [5.41, 5.74) is 0. The highest BCUT2D eigenvalue weighted by molar-refractivity contribution is 5.80. The minimum Gasteiger partial charge on any atom is -0.382 e. The molecule has 0 spiro atoms. The quantitative estimate of drug-likeness (QED) is 0.648. The Balaban J connectivity index is 2.44. The fraction of sp³-hybridized carbons (Fsp3) is 0.889. The molecule has 1 rings (SSSR count). The lowest BCUT2D eigenvalue weighted by Gasteiger charge is -2.25. The van der Waals surface area contributed by atoms with Gasteiger partial charge in [0.25, 0.3) is 0 Å². The molecule has 0 radical (unpaired) electrons. The molecule has 1 heterocycles. The van der Waals surface area contributed by atoms with Gasteiger partial charge in [0, 0.05) is 14.2 Å². The van der Waals surface area contributed by atoms with E-state index in [1.807, 2.05) is 6.92 Å². The largest absolute Gasteiger partial charge is 0.382 e. The molecule has 1 aliphatic rings. The number of rotatable bonds is 5. The first-order valence-corrected chi connectivity index (χ1v) is 4.73. The molecule has 0 bridgehead atoms. The molecular formula is C9H18N2O3. The van der Waals surface area contributed by atoms with Crippen LogP contribution in [0.25, 0.3) is 0 Å². The topological polar surface area (TPSA) is 50.8 Å². The van der Waals surface area contributed by atoms with Gasteiger partial charge in [-0.2, -0.15) is 0 Å². The van der Waals surface area contributed by atoms with E-state index in [2.05, 4.69) is 5.32 Å². The molecule has 0 aromatic carbocycles. The summed E-state index contributed by atoms with van der Waals surface area (Å²) in [7, 11) is 3.25. The van der Waals surface area contributed by atoms with Crippen molar-refractivity contribution < 1.29 is 14.3 Å². The van der Waals surface area contributed by atoms with Crippen LogP contribution in [0, 0.1) is 0 Å². The Hall–Kier alpha value is -0.650. The number of methoxy groups -OCH3 is 2. The SMILES string of the molecule is COCC(CN1C(=O)CNC1C)OC. The van der Waals surface area contributed by atoms with Crippen molar-refractivity contribution in [3.05, 3.63) is 0 Å². The maximum absolute atomic E-state index is 11.4. The van der Waals surface area contributed by atoms with Gasteiger partial charge in [-0.15, -0.1) is 0 Å². The van der Waals surface area contributed by atoms with Gasteiger partial charge in [0.1, 0.15) is 0 Å². The van der Waals surface area contributed by atoms with Crippen LogP contribution in [0.4, 0.5) is 0 Å². The summed E-state index contributed by atoms with van der Waals surface area (Å²) in [4.78, 5) is 13.2. The van der Waals surface area contributed by atoms with Crippen LogP contribution >= 0.6 is 0 Å². The fourth-order valence-electron chi connectivity index (χ4n) is 1.52. The first-order valence-electron chi connectivity index (χ1n) is 4.73. The van der Waals surface area contributed by atoms with E-state index in [1.165, 1.54) is 0 Å². The number of carbonyl (C=O) groups excluding carboxylic acids is 1. The Morgan fingerprint density at radius 3 is 2.79 bits per heavy atom. The zero-order valence-corrected chi connectivity index (χ0v) is 8.95. The lowest BCUT2D eigenvalue weighted by molar-refractivity contribution is -0.130. The van der Waals surface area contributed by atoms with Crippen molar-refractivity contribution in [1.82, 2.24) is 10.2 Å². The maximum Gasteiger partial charge on any atom is 0.237 e. The van der Waals surface area contributed by atoms with Gasteiger partial charge in [-0.25, -0.2) is 0 Å². The second-order valence-corrected chi connectivity index (χ2v) is 3.42. The number of nitrogens with one attached hydrogen (secondary N) is 1. The molecule has 1 N–H and O–H groups in total. The Morgan fingerprint density at radius 2 is 2.36 bits per heavy atom. The number of hydrogen-bond donors (Lipinski definition) is 1. The minimum atomic E-state index is -0.0497. The summed E-state index contributed by atoms with van der Waals surface area (Å²) in [6.07, 6.45) is 0.0447. The number of hydrogen-bond acceptors (Lipinski definition) is 4. The first-order chi connectivity index (χ1) is 6.69. The predicted octanol–water partition coefficient (Wildman–Crippen LogP) is -0.574. The molecule has 14 heavy (non-hydrogen) atoms. The second kappa shape index (κ2) is 5.29. The van der Waals surface area contributed by atoms with E-state index in [0.29, 0.717) is 19.7 Å². The van der Waals surface area contributed by atoms with Crippen molar-refractivity contribution in [1.29, 1.82) is 0 Å². The van der Waals surface area contributed by atoms with Crippen LogP contribution in [-0.4, -0.2) is 57.0 Å². The van der Waals surface area contributed by atoms with Gasteiger partial charge in [0.05, 0.1) is 32.0 Å². The number of carbonyl (C=O) groups is 1. The molecule has 1 saturated heterocycles. The summed E-state index contributed by atoms with van der Waals surface area (Å²) in [6.45, 7) is 3.47. The highest BCUT2D eigenvalue weighted by Gasteiger charge is 2.28. The van der Waals surface area contributed by atoms with Crippen molar-refractivity contribution >= 4 is 5.91 Å². The van der Waals surface area contributed by atoms with Crippen molar-refractivity contribution in [3.8, 4) is 0 Å². The van der Waals surface area contributed by atoms with Crippen molar-refractivity contribution in [3.63, 3.8) is 0 Å². The second-order valence-electron chi connectivity index (χ2n) is 3.42. The molecule has 5 heteroatoms. The monoisotopic (exact) mass is 202 g/mol. The molecule has 0 saturated carbocycles. The third-order valence-corrected chi connectivity index (χ3v) is 2.42. The lowest BCUT2D eigenvalue weighted by Crippen LogP contribution is -2.42. The van der Waals surface area contributed by atoms with E-state index < -0.39 is 0 Å². The molecule has 2 atom stereocenters. The van der Waals surface area contributed by atoms with Crippen LogP contribution in [0.3, 0.4) is 0 Å². The molecule has 0 aromatic heterocycles. The molecule has 1 aliphatic heterocycles. The van der Waals surface area contributed by atoms with Crippen LogP contribution in [0.5, 0.6) is 0 Å². The highest BCUT2D eigenvalue weighted by atomic mass is 16.5. The van der Waals surface area contributed by atoms with E-state index in [-0.39, 0.29) is 18.2 Å². The molecule has 1 fully saturated rings. The summed E-state index contributed by atoms with van der Waals surface area (Å²) in [5.74, 6) is 0.121. The van der Waals surface area contributed by atoms with Crippen LogP contribution in [0.1, 0.15) is 6.92 Å². The van der Waals surface area contributed by atoms with Crippen LogP contribution < -0.4 is 5.32 Å². The average molecular weight is 202 g/mol. The summed E-state index contributed by atoms with van der Waals surface area (Å²) in [5, 5.41) is 3.07. The lowest BCUT2D eigenvalue weighted by atomic mass is 10.3. The fourth-order valence-corrected chi connectivity index (χ4v) is 1.52. The van der Waals surface area contributed by atoms with Gasteiger partial charge < -0.3 is 14.4 Å². The Labute approximate surface area is 84.4 Å². The van der Waals surface area contributed by atoms with E-state index in [0.717, 1.165) is 0 Å². The molecular weight excluding hydrogens is 184 g/mol. The molecule has 2 unspecified atom stereocenters. The Kier molecular flexibility index (Phi) is 4.31. The normalized spacial score (nSPS) is 24.4. The van der Waals surface area contributed by atoms with Gasteiger partial charge in [0.15, 0.2) is 0 Å². The average Bonchev–Trinajstić information content (AvgIpc) is 2.48. The number of amides is 1. The van der Waals surface area contributed by atoms with E-state index in [1.54, 1.807) is 19.1 Å². The molecule has 82 valence electrons. The summed E-state index contributed by atoms with van der Waals surface area (Å²) < 4.78 is 10.2. The van der Waals surface area contributed by atoms with Gasteiger partial charge >= 0.3 is 0 Å². The van der Waals surface area contributed by atoms with Crippen molar-refractivity contribution in [2.75, 3.05) is 33.9 Å². The van der Waals surface area contributed by atoms with Gasteiger partial charge in [-0.05, 0) is 6.92 Å². The smallest absolute Gasteiger partial charge is 0.237 e. The zero-order chi connectivity index (χ0) is 10.6. The predicted molar refractivity (Wildman–Crippen MR) is 51.9 cm³/mol. The van der Waals surface area contributed by atoms with Crippen LogP contribution in [0.2, 0.25) is 0 Å². The highest BCUT2D eigenvalue weighted by Crippen LogP contribution is 2.06. The summed E-state index contributed by atoms with van der Waals surface area (Å²) in [6, 6.07) is 0. The van der Waals surface area contributed by atoms with Gasteiger partial charge in [-0.3, -0.25) is 10.1 Å². The van der Waals surface area contributed by atoms with Gasteiger partial charge in [-0.1, -0.05) is 0 Å². The molecule has 0 aromatic rings. The van der Waals surface area contributed by atoms with Crippen LogP contribution in [-0.2, 0) is 14.3 Å². The minimum absolute atomic E-state index is 0.0497. The molecule has 1 amide bonds. The van der Waals surface area contributed by atoms with E-state index >= 15 is 0 Å². The summed E-state index contributed by atoms with van der Waals surface area (Å²) >= 11 is 0. The third kappa shape index (κ3) is 2.67. The van der Waals surface area contributed by atoms with Crippen molar-refractivity contribution in [2.45, 2.75) is 19.2 Å². The van der Waals surface area contributed by atoms with E-state index in [9.17, 15) is 4.79 Å².